The lowest BCUT2D eigenvalue weighted by molar-refractivity contribution is 0.0720. The van der Waals surface area contributed by atoms with Gasteiger partial charge in [0.2, 0.25) is 0 Å². The molecule has 0 atom stereocenters. The van der Waals surface area contributed by atoms with Crippen LogP contribution in [-0.2, 0) is 5.54 Å². The van der Waals surface area contributed by atoms with Crippen molar-refractivity contribution in [3.63, 3.8) is 0 Å². The molecule has 2 fully saturated rings. The van der Waals surface area contributed by atoms with E-state index in [0.29, 0.717) is 30.2 Å². The van der Waals surface area contributed by atoms with Crippen LogP contribution >= 0.6 is 0 Å². The highest BCUT2D eigenvalue weighted by atomic mass is 16.5. The molecule has 1 spiro atoms. The summed E-state index contributed by atoms with van der Waals surface area (Å²) in [6, 6.07) is 9.21. The predicted molar refractivity (Wildman–Crippen MR) is 128 cm³/mol. The maximum absolute atomic E-state index is 13.4. The largest absolute Gasteiger partial charge is 0.495 e. The van der Waals surface area contributed by atoms with Crippen molar-refractivity contribution in [3.8, 4) is 5.75 Å². The highest BCUT2D eigenvalue weighted by Crippen LogP contribution is 2.41. The molecule has 0 saturated carbocycles. The maximum atomic E-state index is 13.4. The van der Waals surface area contributed by atoms with Crippen molar-refractivity contribution in [2.24, 2.45) is 5.41 Å². The number of anilines is 1. The highest BCUT2D eigenvalue weighted by Gasteiger charge is 2.43. The molecule has 2 saturated heterocycles. The average Bonchev–Trinajstić information content (AvgIpc) is 3.38. The summed E-state index contributed by atoms with van der Waals surface area (Å²) in [7, 11) is 1.60. The summed E-state index contributed by atoms with van der Waals surface area (Å²) in [5.74, 6) is 0.702. The molecule has 178 valence electrons. The second-order valence-electron chi connectivity index (χ2n) is 10.3. The number of nitrogens with zero attached hydrogens (tertiary/aromatic N) is 4. The Bertz CT molecular complexity index is 1030. The van der Waals surface area contributed by atoms with E-state index in [4.69, 9.17) is 4.74 Å². The molecule has 0 aliphatic carbocycles. The number of para-hydroxylation sites is 2. The summed E-state index contributed by atoms with van der Waals surface area (Å²) < 4.78 is 7.18. The Kier molecular flexibility index (Phi) is 6.12. The predicted octanol–water partition coefficient (Wildman–Crippen LogP) is 4.12. The fraction of sp³-hybridized carbons (Fsp3) is 0.560. The number of benzene rings is 1. The number of nitrogens with one attached hydrogen (secondary N) is 1. The molecule has 1 aromatic heterocycles. The van der Waals surface area contributed by atoms with Gasteiger partial charge < -0.3 is 19.9 Å². The first-order chi connectivity index (χ1) is 15.6. The summed E-state index contributed by atoms with van der Waals surface area (Å²) in [5.41, 5.74) is 2.02. The SMILES string of the molecule is COc1ccccc1NC(=O)N1CCC2(CC1)CCN(C(=O)c1cc(C)nn1C(C)(C)C)C2. The van der Waals surface area contributed by atoms with Gasteiger partial charge in [0.05, 0.1) is 24.0 Å². The number of rotatable bonds is 3. The number of piperidine rings is 1. The third-order valence-electron chi connectivity index (χ3n) is 6.87. The summed E-state index contributed by atoms with van der Waals surface area (Å²) in [6.07, 6.45) is 2.77. The van der Waals surface area contributed by atoms with Gasteiger partial charge in [-0.2, -0.15) is 5.10 Å². The second-order valence-corrected chi connectivity index (χ2v) is 10.3. The van der Waals surface area contributed by atoms with Crippen LogP contribution in [0.2, 0.25) is 0 Å². The number of aromatic nitrogens is 2. The van der Waals surface area contributed by atoms with E-state index >= 15 is 0 Å². The van der Waals surface area contributed by atoms with E-state index in [0.717, 1.165) is 38.0 Å². The lowest BCUT2D eigenvalue weighted by Crippen LogP contribution is -2.46. The molecule has 8 nitrogen and oxygen atoms in total. The zero-order chi connectivity index (χ0) is 23.8. The van der Waals surface area contributed by atoms with Crippen molar-refractivity contribution in [2.45, 2.75) is 52.5 Å². The van der Waals surface area contributed by atoms with E-state index in [-0.39, 0.29) is 22.9 Å². The number of carbonyl (C=O) groups excluding carboxylic acids is 2. The standard InChI is InChI=1S/C25H35N5O3/c1-18-16-20(30(27-18)24(2,3)4)22(31)29-15-12-25(17-29)10-13-28(14-11-25)23(32)26-19-8-6-7-9-21(19)33-5/h6-9,16H,10-15,17H2,1-5H3,(H,26,32). The fourth-order valence-electron chi connectivity index (χ4n) is 4.97. The topological polar surface area (TPSA) is 79.7 Å². The van der Waals surface area contributed by atoms with Crippen molar-refractivity contribution < 1.29 is 14.3 Å². The van der Waals surface area contributed by atoms with Crippen LogP contribution in [0.4, 0.5) is 10.5 Å². The normalized spacial score (nSPS) is 18.0. The number of amides is 3. The quantitative estimate of drug-likeness (QED) is 0.758. The Morgan fingerprint density at radius 1 is 1.06 bits per heavy atom. The van der Waals surface area contributed by atoms with Crippen LogP contribution in [0.25, 0.3) is 0 Å². The van der Waals surface area contributed by atoms with Crippen LogP contribution < -0.4 is 10.1 Å². The molecule has 8 heteroatoms. The zero-order valence-electron chi connectivity index (χ0n) is 20.4. The Morgan fingerprint density at radius 3 is 2.33 bits per heavy atom. The van der Waals surface area contributed by atoms with Crippen molar-refractivity contribution in [1.29, 1.82) is 0 Å². The minimum atomic E-state index is -0.253. The van der Waals surface area contributed by atoms with Gasteiger partial charge in [0.1, 0.15) is 11.4 Å². The van der Waals surface area contributed by atoms with Crippen LogP contribution in [0.5, 0.6) is 5.75 Å². The molecule has 1 N–H and O–H groups in total. The Morgan fingerprint density at radius 2 is 1.70 bits per heavy atom. The first-order valence-corrected chi connectivity index (χ1v) is 11.7. The number of likely N-dealkylation sites (tertiary alicyclic amines) is 2. The van der Waals surface area contributed by atoms with Crippen molar-refractivity contribution >= 4 is 17.6 Å². The summed E-state index contributed by atoms with van der Waals surface area (Å²) in [4.78, 5) is 30.0. The summed E-state index contributed by atoms with van der Waals surface area (Å²) >= 11 is 0. The number of urea groups is 1. The van der Waals surface area contributed by atoms with Crippen LogP contribution in [0.3, 0.4) is 0 Å². The smallest absolute Gasteiger partial charge is 0.321 e. The highest BCUT2D eigenvalue weighted by molar-refractivity contribution is 5.93. The van der Waals surface area contributed by atoms with Crippen LogP contribution in [0.1, 0.15) is 56.2 Å². The Labute approximate surface area is 195 Å². The third kappa shape index (κ3) is 4.70. The lowest BCUT2D eigenvalue weighted by atomic mass is 9.78. The fourth-order valence-corrected chi connectivity index (χ4v) is 4.97. The average molecular weight is 454 g/mol. The third-order valence-corrected chi connectivity index (χ3v) is 6.87. The van der Waals surface area contributed by atoms with E-state index in [9.17, 15) is 9.59 Å². The van der Waals surface area contributed by atoms with E-state index in [1.54, 1.807) is 7.11 Å². The minimum absolute atomic E-state index is 0.0544. The van der Waals surface area contributed by atoms with Gasteiger partial charge in [-0.25, -0.2) is 4.79 Å². The maximum Gasteiger partial charge on any atom is 0.321 e. The van der Waals surface area contributed by atoms with Crippen molar-refractivity contribution in [2.75, 3.05) is 38.6 Å². The number of methoxy groups -OCH3 is 1. The van der Waals surface area contributed by atoms with Crippen LogP contribution in [-0.4, -0.2) is 64.8 Å². The van der Waals surface area contributed by atoms with Gasteiger partial charge in [-0.1, -0.05) is 12.1 Å². The molecule has 2 aliphatic heterocycles. The molecule has 0 radical (unpaired) electrons. The molecular formula is C25H35N5O3. The van der Waals surface area contributed by atoms with Gasteiger partial charge >= 0.3 is 6.03 Å². The molecule has 4 rings (SSSR count). The first-order valence-electron chi connectivity index (χ1n) is 11.7. The van der Waals surface area contributed by atoms with Crippen molar-refractivity contribution in [1.82, 2.24) is 19.6 Å². The Balaban J connectivity index is 1.37. The van der Waals surface area contributed by atoms with Crippen LogP contribution in [0, 0.1) is 12.3 Å². The number of ether oxygens (including phenoxy) is 1. The molecule has 3 amide bonds. The molecule has 1 aromatic carbocycles. The second kappa shape index (κ2) is 8.72. The molecule has 0 bridgehead atoms. The van der Waals surface area contributed by atoms with E-state index in [1.807, 2.05) is 51.7 Å². The van der Waals surface area contributed by atoms with Gasteiger partial charge in [0.25, 0.3) is 5.91 Å². The van der Waals surface area contributed by atoms with Crippen LogP contribution in [0.15, 0.2) is 30.3 Å². The van der Waals surface area contributed by atoms with Gasteiger partial charge in [0.15, 0.2) is 0 Å². The Hall–Kier alpha value is -3.03. The number of carbonyl (C=O) groups is 2. The van der Waals surface area contributed by atoms with E-state index < -0.39 is 0 Å². The number of hydrogen-bond donors (Lipinski definition) is 1. The van der Waals surface area contributed by atoms with E-state index in [1.165, 1.54) is 0 Å². The van der Waals surface area contributed by atoms with E-state index in [2.05, 4.69) is 31.2 Å². The lowest BCUT2D eigenvalue weighted by Gasteiger charge is -2.39. The van der Waals surface area contributed by atoms with Gasteiger partial charge in [-0.3, -0.25) is 9.48 Å². The van der Waals surface area contributed by atoms with Gasteiger partial charge in [0, 0.05) is 26.2 Å². The molecule has 0 unspecified atom stereocenters. The van der Waals surface area contributed by atoms with Crippen molar-refractivity contribution in [3.05, 3.63) is 41.7 Å². The zero-order valence-corrected chi connectivity index (χ0v) is 20.4. The summed E-state index contributed by atoms with van der Waals surface area (Å²) in [6.45, 7) is 11.0. The van der Waals surface area contributed by atoms with Gasteiger partial charge in [-0.15, -0.1) is 0 Å². The molecular weight excluding hydrogens is 418 g/mol. The molecule has 33 heavy (non-hydrogen) atoms. The molecule has 2 aliphatic rings. The monoisotopic (exact) mass is 453 g/mol. The minimum Gasteiger partial charge on any atom is -0.495 e. The number of hydrogen-bond acceptors (Lipinski definition) is 4. The van der Waals surface area contributed by atoms with Gasteiger partial charge in [-0.05, 0) is 70.6 Å². The first kappa shape index (κ1) is 23.1. The molecule has 2 aromatic rings. The number of aryl methyl sites for hydroxylation is 1. The molecule has 3 heterocycles. The summed E-state index contributed by atoms with van der Waals surface area (Å²) in [5, 5.41) is 7.53.